The third kappa shape index (κ3) is 5.00. The molecule has 0 spiro atoms. The molecule has 3 rings (SSSR count). The maximum atomic E-state index is 12.9. The predicted molar refractivity (Wildman–Crippen MR) is 109 cm³/mol. The highest BCUT2D eigenvalue weighted by molar-refractivity contribution is 5.64. The fourth-order valence-electron chi connectivity index (χ4n) is 4.21. The summed E-state index contributed by atoms with van der Waals surface area (Å²) in [6.07, 6.45) is -1.66. The maximum absolute atomic E-state index is 12.9. The van der Waals surface area contributed by atoms with Gasteiger partial charge in [-0.05, 0) is 66.1 Å². The number of rotatable bonds is 5. The molecule has 0 atom stereocenters. The smallest absolute Gasteiger partial charge is 0.299 e. The number of hydrogen-bond donors (Lipinski definition) is 0. The van der Waals surface area contributed by atoms with Crippen LogP contribution in [0, 0.1) is 22.7 Å². The van der Waals surface area contributed by atoms with Gasteiger partial charge in [0.2, 0.25) is 0 Å². The van der Waals surface area contributed by atoms with E-state index in [4.69, 9.17) is 0 Å². The summed E-state index contributed by atoms with van der Waals surface area (Å²) in [5.41, 5.74) is 2.00. The second kappa shape index (κ2) is 8.59. The fourth-order valence-corrected chi connectivity index (χ4v) is 4.21. The first kappa shape index (κ1) is 21.4. The molecule has 1 heterocycles. The Hall–Kier alpha value is -2.32. The lowest BCUT2D eigenvalue weighted by atomic mass is 9.68. The Kier molecular flexibility index (Phi) is 6.33. The van der Waals surface area contributed by atoms with E-state index in [1.807, 2.05) is 24.3 Å². The first-order valence-corrected chi connectivity index (χ1v) is 10.1. The quantitative estimate of drug-likeness (QED) is 0.571. The normalized spacial score (nSPS) is 17.3. The van der Waals surface area contributed by atoms with Crippen molar-refractivity contribution < 1.29 is 13.2 Å². The van der Waals surface area contributed by atoms with E-state index in [1.54, 1.807) is 6.07 Å². The van der Waals surface area contributed by atoms with Crippen molar-refractivity contribution in [2.24, 2.45) is 11.3 Å². The number of hydrogen-bond acceptors (Lipinski definition) is 2. The van der Waals surface area contributed by atoms with Gasteiger partial charge in [-0.1, -0.05) is 50.2 Å². The summed E-state index contributed by atoms with van der Waals surface area (Å²) >= 11 is 0. The zero-order valence-electron chi connectivity index (χ0n) is 17.0. The van der Waals surface area contributed by atoms with Gasteiger partial charge in [0, 0.05) is 13.0 Å². The summed E-state index contributed by atoms with van der Waals surface area (Å²) in [5.74, 6) is 0.496. The van der Waals surface area contributed by atoms with Crippen LogP contribution in [-0.4, -0.2) is 18.0 Å². The molecule has 2 aromatic carbocycles. The van der Waals surface area contributed by atoms with Crippen LogP contribution in [0.4, 0.5) is 13.2 Å². The van der Waals surface area contributed by atoms with Gasteiger partial charge in [-0.15, -0.1) is 0 Å². The molecule has 1 aliphatic rings. The van der Waals surface area contributed by atoms with E-state index in [0.29, 0.717) is 17.9 Å². The van der Waals surface area contributed by atoms with E-state index < -0.39 is 11.7 Å². The van der Waals surface area contributed by atoms with Gasteiger partial charge in [0.05, 0.1) is 11.6 Å². The molecule has 0 amide bonds. The lowest BCUT2D eigenvalue weighted by Crippen LogP contribution is -2.42. The average Bonchev–Trinajstić information content (AvgIpc) is 2.70. The molecule has 0 N–H and O–H groups in total. The average molecular weight is 400 g/mol. The standard InChI is InChI=1S/C24H27F3N2/c1-18(2)23(10-13-28)11-14-29(15-12-23)17-19-6-8-20(9-7-19)21-4-3-5-22(16-21)24(25,26)27/h3-9,16,18H,10-12,14-15,17H2,1-2H3. The van der Waals surface area contributed by atoms with E-state index in [1.165, 1.54) is 12.1 Å². The van der Waals surface area contributed by atoms with Crippen LogP contribution < -0.4 is 0 Å². The van der Waals surface area contributed by atoms with Crippen molar-refractivity contribution >= 4 is 0 Å². The molecule has 29 heavy (non-hydrogen) atoms. The number of halogens is 3. The minimum Gasteiger partial charge on any atom is -0.299 e. The van der Waals surface area contributed by atoms with Crippen LogP contribution in [-0.2, 0) is 12.7 Å². The first-order chi connectivity index (χ1) is 13.7. The molecule has 0 bridgehead atoms. The van der Waals surface area contributed by atoms with Crippen molar-refractivity contribution in [3.8, 4) is 17.2 Å². The monoisotopic (exact) mass is 400 g/mol. The van der Waals surface area contributed by atoms with Crippen molar-refractivity contribution in [2.45, 2.75) is 45.8 Å². The number of benzene rings is 2. The van der Waals surface area contributed by atoms with Crippen molar-refractivity contribution in [3.63, 3.8) is 0 Å². The number of piperidine rings is 1. The van der Waals surface area contributed by atoms with Gasteiger partial charge in [0.25, 0.3) is 0 Å². The SMILES string of the molecule is CC(C)C1(CC#N)CCN(Cc2ccc(-c3cccc(C(F)(F)F)c3)cc2)CC1. The molecule has 0 unspecified atom stereocenters. The molecule has 0 aliphatic carbocycles. The molecular weight excluding hydrogens is 373 g/mol. The van der Waals surface area contributed by atoms with Gasteiger partial charge in [-0.2, -0.15) is 18.4 Å². The van der Waals surface area contributed by atoms with E-state index in [9.17, 15) is 18.4 Å². The van der Waals surface area contributed by atoms with Gasteiger partial charge < -0.3 is 0 Å². The van der Waals surface area contributed by atoms with Crippen LogP contribution >= 0.6 is 0 Å². The fraction of sp³-hybridized carbons (Fsp3) is 0.458. The zero-order valence-corrected chi connectivity index (χ0v) is 17.0. The number of nitriles is 1. The van der Waals surface area contributed by atoms with Gasteiger partial charge in [0.15, 0.2) is 0 Å². The van der Waals surface area contributed by atoms with Crippen LogP contribution in [0.15, 0.2) is 48.5 Å². The topological polar surface area (TPSA) is 27.0 Å². The molecule has 1 saturated heterocycles. The van der Waals surface area contributed by atoms with Crippen LogP contribution in [0.2, 0.25) is 0 Å². The van der Waals surface area contributed by atoms with E-state index in [2.05, 4.69) is 24.8 Å². The lowest BCUT2D eigenvalue weighted by Gasteiger charge is -2.43. The van der Waals surface area contributed by atoms with Crippen molar-refractivity contribution in [2.75, 3.05) is 13.1 Å². The Morgan fingerprint density at radius 1 is 1.03 bits per heavy atom. The molecular formula is C24H27F3N2. The molecule has 5 heteroatoms. The molecule has 1 fully saturated rings. The largest absolute Gasteiger partial charge is 0.416 e. The van der Waals surface area contributed by atoms with Gasteiger partial charge in [-0.25, -0.2) is 0 Å². The van der Waals surface area contributed by atoms with E-state index in [-0.39, 0.29) is 5.41 Å². The van der Waals surface area contributed by atoms with Gasteiger partial charge in [-0.3, -0.25) is 4.90 Å². The summed E-state index contributed by atoms with van der Waals surface area (Å²) in [4.78, 5) is 2.40. The summed E-state index contributed by atoms with van der Waals surface area (Å²) in [6.45, 7) is 7.17. The molecule has 0 aromatic heterocycles. The Balaban J connectivity index is 1.64. The zero-order chi connectivity index (χ0) is 21.1. The molecule has 0 saturated carbocycles. The molecule has 1 aliphatic heterocycles. The van der Waals surface area contributed by atoms with Crippen LogP contribution in [0.25, 0.3) is 11.1 Å². The summed E-state index contributed by atoms with van der Waals surface area (Å²) in [6, 6.07) is 15.6. The number of nitrogens with zero attached hydrogens (tertiary/aromatic N) is 2. The second-order valence-corrected chi connectivity index (χ2v) is 8.40. The van der Waals surface area contributed by atoms with Gasteiger partial charge >= 0.3 is 6.18 Å². The summed E-state index contributed by atoms with van der Waals surface area (Å²) < 4.78 is 38.8. The third-order valence-corrected chi connectivity index (χ3v) is 6.39. The molecule has 2 aromatic rings. The number of alkyl halides is 3. The minimum atomic E-state index is -4.33. The van der Waals surface area contributed by atoms with Crippen LogP contribution in [0.3, 0.4) is 0 Å². The van der Waals surface area contributed by atoms with Crippen molar-refractivity contribution in [1.82, 2.24) is 4.90 Å². The Labute approximate surface area is 171 Å². The maximum Gasteiger partial charge on any atom is 0.416 e. The van der Waals surface area contributed by atoms with Crippen molar-refractivity contribution in [1.29, 1.82) is 5.26 Å². The predicted octanol–water partition coefficient (Wildman–Crippen LogP) is 6.52. The highest BCUT2D eigenvalue weighted by atomic mass is 19.4. The first-order valence-electron chi connectivity index (χ1n) is 10.1. The van der Waals surface area contributed by atoms with Gasteiger partial charge in [0.1, 0.15) is 0 Å². The Morgan fingerprint density at radius 3 is 2.24 bits per heavy atom. The third-order valence-electron chi connectivity index (χ3n) is 6.39. The summed E-state index contributed by atoms with van der Waals surface area (Å²) in [5, 5.41) is 9.19. The van der Waals surface area contributed by atoms with Crippen molar-refractivity contribution in [3.05, 3.63) is 59.7 Å². The minimum absolute atomic E-state index is 0.124. The molecule has 154 valence electrons. The van der Waals surface area contributed by atoms with E-state index in [0.717, 1.165) is 49.7 Å². The Morgan fingerprint density at radius 2 is 1.69 bits per heavy atom. The number of likely N-dealkylation sites (tertiary alicyclic amines) is 1. The molecule has 2 nitrogen and oxygen atoms in total. The van der Waals surface area contributed by atoms with Crippen LogP contribution in [0.5, 0.6) is 0 Å². The Bertz CT molecular complexity index is 855. The van der Waals surface area contributed by atoms with E-state index >= 15 is 0 Å². The second-order valence-electron chi connectivity index (χ2n) is 8.40. The lowest BCUT2D eigenvalue weighted by molar-refractivity contribution is -0.137. The molecule has 0 radical (unpaired) electrons. The summed E-state index contributed by atoms with van der Waals surface area (Å²) in [7, 11) is 0. The highest BCUT2D eigenvalue weighted by Gasteiger charge is 2.37. The van der Waals surface area contributed by atoms with Crippen LogP contribution in [0.1, 0.15) is 44.2 Å². The highest BCUT2D eigenvalue weighted by Crippen LogP contribution is 2.42.